The van der Waals surface area contributed by atoms with Gasteiger partial charge < -0.3 is 0 Å². The van der Waals surface area contributed by atoms with Crippen LogP contribution in [0.25, 0.3) is 0 Å². The van der Waals surface area contributed by atoms with Gasteiger partial charge in [0.2, 0.25) is 0 Å². The van der Waals surface area contributed by atoms with Gasteiger partial charge in [-0.05, 0) is 19.2 Å². The maximum Gasteiger partial charge on any atom is 0.0194 e. The first kappa shape index (κ1) is 8.15. The molecule has 2 heteroatoms. The molecular weight excluding hydrogens is 142 g/mol. The van der Waals surface area contributed by atoms with Crippen molar-refractivity contribution >= 4 is 11.8 Å². The second-order valence-corrected chi connectivity index (χ2v) is 3.90. The SMILES string of the molecule is C=CCN(C)C1CCSC1. The smallest absolute Gasteiger partial charge is 0.0194 e. The fourth-order valence-electron chi connectivity index (χ4n) is 1.22. The Morgan fingerprint density at radius 2 is 2.60 bits per heavy atom. The minimum atomic E-state index is 0.808. The Morgan fingerprint density at radius 1 is 1.80 bits per heavy atom. The predicted molar refractivity (Wildman–Crippen MR) is 48.6 cm³/mol. The lowest BCUT2D eigenvalue weighted by atomic mass is 10.2. The van der Waals surface area contributed by atoms with E-state index in [0.29, 0.717) is 0 Å². The molecular formula is C8H15NS. The minimum Gasteiger partial charge on any atom is -0.299 e. The monoisotopic (exact) mass is 157 g/mol. The second kappa shape index (κ2) is 4.04. The third-order valence-electron chi connectivity index (χ3n) is 1.95. The Balaban J connectivity index is 2.24. The number of rotatable bonds is 3. The zero-order valence-corrected chi connectivity index (χ0v) is 7.36. The molecule has 0 saturated carbocycles. The quantitative estimate of drug-likeness (QED) is 0.573. The highest BCUT2D eigenvalue weighted by Gasteiger charge is 2.18. The van der Waals surface area contributed by atoms with Crippen molar-refractivity contribution in [2.45, 2.75) is 12.5 Å². The van der Waals surface area contributed by atoms with E-state index in [1.54, 1.807) is 0 Å². The van der Waals surface area contributed by atoms with Gasteiger partial charge in [-0.25, -0.2) is 0 Å². The molecule has 1 unspecified atom stereocenters. The summed E-state index contributed by atoms with van der Waals surface area (Å²) in [7, 11) is 2.18. The first-order valence-electron chi connectivity index (χ1n) is 3.73. The molecule has 1 aliphatic rings. The first-order chi connectivity index (χ1) is 4.84. The first-order valence-corrected chi connectivity index (χ1v) is 4.89. The van der Waals surface area contributed by atoms with E-state index in [4.69, 9.17) is 0 Å². The van der Waals surface area contributed by atoms with Gasteiger partial charge in [0.25, 0.3) is 0 Å². The van der Waals surface area contributed by atoms with E-state index in [1.807, 2.05) is 6.08 Å². The second-order valence-electron chi connectivity index (χ2n) is 2.75. The van der Waals surface area contributed by atoms with Crippen LogP contribution in [-0.4, -0.2) is 36.0 Å². The highest BCUT2D eigenvalue weighted by atomic mass is 32.2. The molecule has 1 rings (SSSR count). The average Bonchev–Trinajstić information content (AvgIpc) is 2.38. The van der Waals surface area contributed by atoms with Crippen LogP contribution in [0.3, 0.4) is 0 Å². The number of hydrogen-bond acceptors (Lipinski definition) is 2. The molecule has 1 nitrogen and oxygen atoms in total. The zero-order valence-electron chi connectivity index (χ0n) is 6.55. The van der Waals surface area contributed by atoms with Crippen molar-refractivity contribution in [2.75, 3.05) is 25.1 Å². The highest BCUT2D eigenvalue weighted by Crippen LogP contribution is 2.20. The number of thioether (sulfide) groups is 1. The van der Waals surface area contributed by atoms with E-state index in [9.17, 15) is 0 Å². The summed E-state index contributed by atoms with van der Waals surface area (Å²) in [6.45, 7) is 4.76. The topological polar surface area (TPSA) is 3.24 Å². The van der Waals surface area contributed by atoms with E-state index in [1.165, 1.54) is 17.9 Å². The lowest BCUT2D eigenvalue weighted by Crippen LogP contribution is -2.31. The molecule has 0 spiro atoms. The summed E-state index contributed by atoms with van der Waals surface area (Å²) in [4.78, 5) is 2.38. The highest BCUT2D eigenvalue weighted by molar-refractivity contribution is 7.99. The molecule has 1 aliphatic heterocycles. The molecule has 0 aromatic carbocycles. The van der Waals surface area contributed by atoms with Crippen LogP contribution in [0.15, 0.2) is 12.7 Å². The molecule has 0 aromatic heterocycles. The van der Waals surface area contributed by atoms with Gasteiger partial charge in [-0.15, -0.1) is 6.58 Å². The lowest BCUT2D eigenvalue weighted by molar-refractivity contribution is 0.290. The molecule has 1 heterocycles. The molecule has 0 aromatic rings. The lowest BCUT2D eigenvalue weighted by Gasteiger charge is -2.21. The van der Waals surface area contributed by atoms with Crippen molar-refractivity contribution in [3.8, 4) is 0 Å². The van der Waals surface area contributed by atoms with Crippen molar-refractivity contribution in [2.24, 2.45) is 0 Å². The maximum atomic E-state index is 3.72. The normalized spacial score (nSPS) is 25.6. The zero-order chi connectivity index (χ0) is 7.40. The third kappa shape index (κ3) is 2.03. The van der Waals surface area contributed by atoms with E-state index in [2.05, 4.69) is 30.3 Å². The van der Waals surface area contributed by atoms with Crippen molar-refractivity contribution in [3.05, 3.63) is 12.7 Å². The minimum absolute atomic E-state index is 0.808. The average molecular weight is 157 g/mol. The molecule has 1 fully saturated rings. The van der Waals surface area contributed by atoms with Crippen molar-refractivity contribution in [1.29, 1.82) is 0 Å². The Hall–Kier alpha value is 0.0500. The van der Waals surface area contributed by atoms with Gasteiger partial charge in [0, 0.05) is 18.3 Å². The summed E-state index contributed by atoms with van der Waals surface area (Å²) in [5, 5.41) is 0. The third-order valence-corrected chi connectivity index (χ3v) is 3.09. The van der Waals surface area contributed by atoms with Crippen molar-refractivity contribution in [1.82, 2.24) is 4.90 Å². The molecule has 1 atom stereocenters. The molecule has 0 bridgehead atoms. The van der Waals surface area contributed by atoms with Crippen molar-refractivity contribution < 1.29 is 0 Å². The van der Waals surface area contributed by atoms with Crippen LogP contribution in [0.2, 0.25) is 0 Å². The van der Waals surface area contributed by atoms with Crippen LogP contribution in [0.5, 0.6) is 0 Å². The van der Waals surface area contributed by atoms with Gasteiger partial charge in [-0.2, -0.15) is 11.8 Å². The Labute approximate surface area is 67.5 Å². The van der Waals surface area contributed by atoms with E-state index >= 15 is 0 Å². The summed E-state index contributed by atoms with van der Waals surface area (Å²) in [6, 6.07) is 0.808. The van der Waals surface area contributed by atoms with Gasteiger partial charge in [0.1, 0.15) is 0 Å². The number of likely N-dealkylation sites (N-methyl/N-ethyl adjacent to an activating group) is 1. The summed E-state index contributed by atoms with van der Waals surface area (Å²) in [5.74, 6) is 2.65. The number of hydrogen-bond donors (Lipinski definition) is 0. The van der Waals surface area contributed by atoms with Crippen molar-refractivity contribution in [3.63, 3.8) is 0 Å². The summed E-state index contributed by atoms with van der Waals surface area (Å²) in [5.41, 5.74) is 0. The van der Waals surface area contributed by atoms with E-state index in [-0.39, 0.29) is 0 Å². The van der Waals surface area contributed by atoms with E-state index < -0.39 is 0 Å². The maximum absolute atomic E-state index is 3.72. The van der Waals surface area contributed by atoms with Gasteiger partial charge >= 0.3 is 0 Å². The molecule has 1 saturated heterocycles. The Morgan fingerprint density at radius 3 is 3.10 bits per heavy atom. The molecule has 0 radical (unpaired) electrons. The number of nitrogens with zero attached hydrogens (tertiary/aromatic N) is 1. The largest absolute Gasteiger partial charge is 0.299 e. The summed E-state index contributed by atoms with van der Waals surface area (Å²) >= 11 is 2.06. The van der Waals surface area contributed by atoms with Gasteiger partial charge in [0.15, 0.2) is 0 Å². The summed E-state index contributed by atoms with van der Waals surface area (Å²) < 4.78 is 0. The summed E-state index contributed by atoms with van der Waals surface area (Å²) in [6.07, 6.45) is 3.33. The molecule has 0 aliphatic carbocycles. The van der Waals surface area contributed by atoms with Crippen LogP contribution in [0.1, 0.15) is 6.42 Å². The standard InChI is InChI=1S/C8H15NS/c1-3-5-9(2)8-4-6-10-7-8/h3,8H,1,4-7H2,2H3. The Kier molecular flexibility index (Phi) is 3.29. The van der Waals surface area contributed by atoms with Crippen LogP contribution >= 0.6 is 11.8 Å². The van der Waals surface area contributed by atoms with Gasteiger partial charge in [-0.1, -0.05) is 6.08 Å². The van der Waals surface area contributed by atoms with Crippen LogP contribution in [0, 0.1) is 0 Å². The fraction of sp³-hybridized carbons (Fsp3) is 0.750. The molecule has 58 valence electrons. The fourth-order valence-corrected chi connectivity index (χ4v) is 2.52. The Bertz CT molecular complexity index is 108. The van der Waals surface area contributed by atoms with Gasteiger partial charge in [0.05, 0.1) is 0 Å². The molecule has 10 heavy (non-hydrogen) atoms. The molecule has 0 N–H and O–H groups in total. The molecule has 0 amide bonds. The van der Waals surface area contributed by atoms with Gasteiger partial charge in [-0.3, -0.25) is 4.90 Å². The van der Waals surface area contributed by atoms with E-state index in [0.717, 1.165) is 12.6 Å². The van der Waals surface area contributed by atoms with Crippen LogP contribution in [0.4, 0.5) is 0 Å². The van der Waals surface area contributed by atoms with Crippen LogP contribution < -0.4 is 0 Å². The predicted octanol–water partition coefficient (Wildman–Crippen LogP) is 1.61. The van der Waals surface area contributed by atoms with Crippen LogP contribution in [-0.2, 0) is 0 Å².